The van der Waals surface area contributed by atoms with Crippen molar-refractivity contribution in [2.75, 3.05) is 0 Å². The molecule has 0 heterocycles. The maximum Gasteiger partial charge on any atom is 0.290 e. The summed E-state index contributed by atoms with van der Waals surface area (Å²) in [6, 6.07) is 0. The molecule has 0 fully saturated rings. The van der Waals surface area contributed by atoms with Crippen LogP contribution in [0.1, 0.15) is 13.3 Å². The predicted octanol–water partition coefficient (Wildman–Crippen LogP) is 1.24. The van der Waals surface area contributed by atoms with Crippen molar-refractivity contribution in [2.45, 2.75) is 13.3 Å². The molecule has 0 spiro atoms. The molecule has 1 rings (SSSR count). The molecule has 0 aromatic carbocycles. The van der Waals surface area contributed by atoms with Gasteiger partial charge in [-0.25, -0.2) is 0 Å². The summed E-state index contributed by atoms with van der Waals surface area (Å²) in [6.07, 6.45) is 2.66. The highest BCUT2D eigenvalue weighted by Crippen LogP contribution is 2.25. The van der Waals surface area contributed by atoms with Crippen molar-refractivity contribution in [1.29, 1.82) is 0 Å². The average molecular weight is 190 g/mol. The molecule has 4 nitrogen and oxygen atoms in total. The third-order valence-electron chi connectivity index (χ3n) is 1.78. The lowest BCUT2D eigenvalue weighted by molar-refractivity contribution is 0.337. The first kappa shape index (κ1) is 9.28. The number of rotatable bonds is 1. The van der Waals surface area contributed by atoms with E-state index in [0.717, 1.165) is 0 Å². The van der Waals surface area contributed by atoms with Crippen LogP contribution >= 0.6 is 0 Å². The molecule has 1 unspecified atom stereocenters. The summed E-state index contributed by atoms with van der Waals surface area (Å²) >= 11 is 0. The van der Waals surface area contributed by atoms with Gasteiger partial charge in [0.05, 0.1) is 10.7 Å². The summed E-state index contributed by atoms with van der Waals surface area (Å²) in [4.78, 5) is -0.0483. The SMILES string of the molecule is CC1CC(S(=O)(=O)O)=CC=C1O. The van der Waals surface area contributed by atoms with E-state index in [1.54, 1.807) is 6.92 Å². The minimum absolute atomic E-state index is 0.0483. The van der Waals surface area contributed by atoms with Gasteiger partial charge >= 0.3 is 0 Å². The van der Waals surface area contributed by atoms with Crippen molar-refractivity contribution in [1.82, 2.24) is 0 Å². The predicted molar refractivity (Wildman–Crippen MR) is 44.1 cm³/mol. The van der Waals surface area contributed by atoms with E-state index < -0.39 is 10.1 Å². The first-order valence-electron chi connectivity index (χ1n) is 3.48. The van der Waals surface area contributed by atoms with Crippen LogP contribution in [-0.2, 0) is 10.1 Å². The molecular weight excluding hydrogens is 180 g/mol. The van der Waals surface area contributed by atoms with Gasteiger partial charge in [0.1, 0.15) is 0 Å². The second-order valence-corrected chi connectivity index (χ2v) is 4.28. The number of aliphatic hydroxyl groups excluding tert-OH is 1. The standard InChI is InChI=1S/C7H10O4S/c1-5-4-6(12(9,10)11)2-3-7(5)8/h2-3,5,8H,4H2,1H3,(H,9,10,11). The van der Waals surface area contributed by atoms with Crippen LogP contribution in [0.15, 0.2) is 22.8 Å². The molecule has 0 aromatic rings. The topological polar surface area (TPSA) is 74.6 Å². The minimum atomic E-state index is -4.08. The Balaban J connectivity index is 3.00. The van der Waals surface area contributed by atoms with Gasteiger partial charge in [0.25, 0.3) is 10.1 Å². The molecule has 0 radical (unpaired) electrons. The van der Waals surface area contributed by atoms with Crippen LogP contribution in [0.2, 0.25) is 0 Å². The number of aliphatic hydroxyl groups is 1. The van der Waals surface area contributed by atoms with Crippen LogP contribution < -0.4 is 0 Å². The summed E-state index contributed by atoms with van der Waals surface area (Å²) in [6.45, 7) is 1.68. The average Bonchev–Trinajstić information content (AvgIpc) is 1.92. The van der Waals surface area contributed by atoms with Gasteiger partial charge in [0.15, 0.2) is 0 Å². The smallest absolute Gasteiger partial charge is 0.290 e. The molecular formula is C7H10O4S. The van der Waals surface area contributed by atoms with Crippen molar-refractivity contribution in [3.63, 3.8) is 0 Å². The third kappa shape index (κ3) is 1.86. The van der Waals surface area contributed by atoms with Crippen molar-refractivity contribution >= 4 is 10.1 Å². The molecule has 0 saturated heterocycles. The van der Waals surface area contributed by atoms with E-state index in [-0.39, 0.29) is 23.0 Å². The second kappa shape index (κ2) is 2.91. The van der Waals surface area contributed by atoms with E-state index in [4.69, 9.17) is 9.66 Å². The van der Waals surface area contributed by atoms with Crippen molar-refractivity contribution in [3.05, 3.63) is 22.8 Å². The third-order valence-corrected chi connectivity index (χ3v) is 2.75. The van der Waals surface area contributed by atoms with E-state index >= 15 is 0 Å². The first-order chi connectivity index (χ1) is 5.41. The van der Waals surface area contributed by atoms with Crippen LogP contribution in [0.4, 0.5) is 0 Å². The molecule has 0 aromatic heterocycles. The molecule has 1 aliphatic rings. The van der Waals surface area contributed by atoms with E-state index in [1.165, 1.54) is 12.2 Å². The molecule has 68 valence electrons. The maximum absolute atomic E-state index is 10.6. The van der Waals surface area contributed by atoms with E-state index in [9.17, 15) is 8.42 Å². The van der Waals surface area contributed by atoms with Crippen molar-refractivity contribution in [2.24, 2.45) is 5.92 Å². The Hall–Kier alpha value is -0.810. The van der Waals surface area contributed by atoms with E-state index in [2.05, 4.69) is 0 Å². The summed E-state index contributed by atoms with van der Waals surface area (Å²) in [5, 5.41) is 9.10. The highest BCUT2D eigenvalue weighted by Gasteiger charge is 2.21. The maximum atomic E-state index is 10.6. The Bertz CT molecular complexity index is 336. The number of hydrogen-bond donors (Lipinski definition) is 2. The molecule has 0 amide bonds. The van der Waals surface area contributed by atoms with Crippen LogP contribution in [-0.4, -0.2) is 18.1 Å². The van der Waals surface area contributed by atoms with Gasteiger partial charge in [0, 0.05) is 5.92 Å². The normalized spacial score (nSPS) is 24.7. The van der Waals surface area contributed by atoms with Gasteiger partial charge in [-0.2, -0.15) is 8.42 Å². The van der Waals surface area contributed by atoms with Crippen LogP contribution in [0.3, 0.4) is 0 Å². The first-order valence-corrected chi connectivity index (χ1v) is 4.92. The zero-order valence-corrected chi connectivity index (χ0v) is 7.37. The fourth-order valence-electron chi connectivity index (χ4n) is 1.01. The Morgan fingerprint density at radius 1 is 1.50 bits per heavy atom. The quantitative estimate of drug-likeness (QED) is 0.610. The van der Waals surface area contributed by atoms with Crippen LogP contribution in [0.5, 0.6) is 0 Å². The van der Waals surface area contributed by atoms with Gasteiger partial charge in [0.2, 0.25) is 0 Å². The van der Waals surface area contributed by atoms with Crippen LogP contribution in [0.25, 0.3) is 0 Å². The summed E-state index contributed by atoms with van der Waals surface area (Å²) in [7, 11) is -4.08. The van der Waals surface area contributed by atoms with Gasteiger partial charge in [-0.3, -0.25) is 4.55 Å². The minimum Gasteiger partial charge on any atom is -0.512 e. The Kier molecular flexibility index (Phi) is 2.25. The second-order valence-electron chi connectivity index (χ2n) is 2.80. The molecule has 2 N–H and O–H groups in total. The molecule has 1 atom stereocenters. The molecule has 0 bridgehead atoms. The fraction of sp³-hybridized carbons (Fsp3) is 0.429. The van der Waals surface area contributed by atoms with Crippen molar-refractivity contribution in [3.8, 4) is 0 Å². The number of allylic oxidation sites excluding steroid dienone is 4. The van der Waals surface area contributed by atoms with E-state index in [0.29, 0.717) is 0 Å². The molecule has 5 heteroatoms. The van der Waals surface area contributed by atoms with Crippen LogP contribution in [0, 0.1) is 5.92 Å². The van der Waals surface area contributed by atoms with Gasteiger partial charge in [-0.15, -0.1) is 0 Å². The lowest BCUT2D eigenvalue weighted by atomic mass is 10.0. The Morgan fingerprint density at radius 2 is 2.08 bits per heavy atom. The largest absolute Gasteiger partial charge is 0.512 e. The fourth-order valence-corrected chi connectivity index (χ4v) is 1.71. The summed E-state index contributed by atoms with van der Waals surface area (Å²) in [5.74, 6) is -0.102. The Labute approximate surface area is 71.0 Å². The zero-order chi connectivity index (χ0) is 9.35. The summed E-state index contributed by atoms with van der Waals surface area (Å²) < 4.78 is 29.9. The number of hydrogen-bond acceptors (Lipinski definition) is 3. The van der Waals surface area contributed by atoms with Gasteiger partial charge in [-0.05, 0) is 18.6 Å². The molecule has 1 aliphatic carbocycles. The summed E-state index contributed by atoms with van der Waals surface area (Å²) in [5.41, 5.74) is 0. The molecule has 0 aliphatic heterocycles. The Morgan fingerprint density at radius 3 is 2.50 bits per heavy atom. The zero-order valence-electron chi connectivity index (χ0n) is 6.56. The lowest BCUT2D eigenvalue weighted by Gasteiger charge is -2.15. The van der Waals surface area contributed by atoms with Gasteiger partial charge < -0.3 is 5.11 Å². The molecule has 0 saturated carbocycles. The molecule has 12 heavy (non-hydrogen) atoms. The highest BCUT2D eigenvalue weighted by atomic mass is 32.2. The monoisotopic (exact) mass is 190 g/mol. The van der Waals surface area contributed by atoms with Gasteiger partial charge in [-0.1, -0.05) is 6.92 Å². The highest BCUT2D eigenvalue weighted by molar-refractivity contribution is 7.89. The van der Waals surface area contributed by atoms with Crippen molar-refractivity contribution < 1.29 is 18.1 Å². The van der Waals surface area contributed by atoms with E-state index in [1.807, 2.05) is 0 Å². The lowest BCUT2D eigenvalue weighted by Crippen LogP contribution is -2.11.